The molecule has 1 rings (SSSR count). The number of rotatable bonds is 8. The fourth-order valence-electron chi connectivity index (χ4n) is 1.88. The number of hydrogen-bond donors (Lipinski definition) is 1. The first-order valence-corrected chi connectivity index (χ1v) is 8.07. The quantitative estimate of drug-likeness (QED) is 0.567. The van der Waals surface area contributed by atoms with Gasteiger partial charge >= 0.3 is 5.97 Å². The second-order valence-corrected chi connectivity index (χ2v) is 6.19. The molecule has 1 aromatic rings. The first kappa shape index (κ1) is 16.6. The van der Waals surface area contributed by atoms with Crippen LogP contribution in [0.15, 0.2) is 24.5 Å². The van der Waals surface area contributed by atoms with Crippen molar-refractivity contribution in [2.45, 2.75) is 38.6 Å². The molecule has 1 heterocycles. The third kappa shape index (κ3) is 5.66. The average Bonchev–Trinajstić information content (AvgIpc) is 2.37. The fraction of sp³-hybridized carbons (Fsp3) is 0.538. The molecule has 0 aliphatic heterocycles. The molecule has 1 aromatic heterocycles. The number of carbonyl (C=O) groups is 1. The van der Waals surface area contributed by atoms with Crippen LogP contribution in [0.25, 0.3) is 0 Å². The minimum Gasteiger partial charge on any atom is -0.748 e. The lowest BCUT2D eigenvalue weighted by molar-refractivity contribution is -0.711. The van der Waals surface area contributed by atoms with Crippen LogP contribution in [-0.2, 0) is 21.3 Å². The third-order valence-electron chi connectivity index (χ3n) is 3.04. The largest absolute Gasteiger partial charge is 0.748 e. The summed E-state index contributed by atoms with van der Waals surface area (Å²) >= 11 is 0. The average molecular weight is 301 g/mol. The highest BCUT2D eigenvalue weighted by Crippen LogP contribution is 2.09. The standard InChI is InChI=1S/C13H19NO5S/c1-2-3-4-12(13(15)16)14-8-5-11(6-9-14)7-10-20(17,18)19/h5-6,8-9,12H,2-4,7,10H2,1H3,(H-,15,16,17,18,19). The van der Waals surface area contributed by atoms with Gasteiger partial charge in [0, 0.05) is 24.3 Å². The van der Waals surface area contributed by atoms with Crippen LogP contribution in [0.2, 0.25) is 0 Å². The first-order chi connectivity index (χ1) is 9.33. The molecule has 0 aliphatic rings. The number of nitrogens with zero attached hydrogens (tertiary/aromatic N) is 1. The van der Waals surface area contributed by atoms with E-state index in [0.717, 1.165) is 12.8 Å². The Hall–Kier alpha value is -1.47. The molecule has 0 saturated heterocycles. The van der Waals surface area contributed by atoms with Crippen LogP contribution in [0, 0.1) is 0 Å². The van der Waals surface area contributed by atoms with Crippen molar-refractivity contribution in [3.63, 3.8) is 0 Å². The lowest BCUT2D eigenvalue weighted by atomic mass is 10.1. The molecule has 0 aliphatic carbocycles. The van der Waals surface area contributed by atoms with Crippen LogP contribution in [-0.4, -0.2) is 29.8 Å². The van der Waals surface area contributed by atoms with Crippen LogP contribution in [0.4, 0.5) is 0 Å². The van der Waals surface area contributed by atoms with E-state index in [-0.39, 0.29) is 6.42 Å². The Morgan fingerprint density at radius 2 is 2.00 bits per heavy atom. The second-order valence-electron chi connectivity index (χ2n) is 4.66. The summed E-state index contributed by atoms with van der Waals surface area (Å²) in [5, 5.41) is 9.19. The van der Waals surface area contributed by atoms with Gasteiger partial charge in [0.05, 0.1) is 10.1 Å². The molecule has 0 spiro atoms. The molecule has 0 saturated carbocycles. The van der Waals surface area contributed by atoms with E-state index in [0.29, 0.717) is 12.0 Å². The summed E-state index contributed by atoms with van der Waals surface area (Å²) in [5.74, 6) is -1.34. The second kappa shape index (κ2) is 7.35. The van der Waals surface area contributed by atoms with Crippen LogP contribution >= 0.6 is 0 Å². The molecule has 1 atom stereocenters. The Balaban J connectivity index is 2.75. The van der Waals surface area contributed by atoms with E-state index in [1.54, 1.807) is 29.1 Å². The number of aromatic nitrogens is 1. The molecule has 112 valence electrons. The Morgan fingerprint density at radius 1 is 1.40 bits per heavy atom. The lowest BCUT2D eigenvalue weighted by Crippen LogP contribution is -2.43. The predicted molar refractivity (Wildman–Crippen MR) is 71.1 cm³/mol. The van der Waals surface area contributed by atoms with Crippen LogP contribution in [0.1, 0.15) is 37.8 Å². The van der Waals surface area contributed by atoms with Crippen molar-refractivity contribution < 1.29 is 27.4 Å². The van der Waals surface area contributed by atoms with Crippen molar-refractivity contribution >= 4 is 16.1 Å². The van der Waals surface area contributed by atoms with E-state index in [4.69, 9.17) is 0 Å². The SMILES string of the molecule is CCCCC(C(=O)O)[n+]1ccc(CCS(=O)(=O)[O-])cc1. The molecule has 0 fully saturated rings. The van der Waals surface area contributed by atoms with Gasteiger partial charge < -0.3 is 9.66 Å². The Bertz CT molecular complexity index is 538. The number of aryl methyl sites for hydroxylation is 1. The first-order valence-electron chi connectivity index (χ1n) is 6.49. The number of carboxylic acid groups (broad SMARTS) is 1. The molecule has 0 amide bonds. The Morgan fingerprint density at radius 3 is 2.45 bits per heavy atom. The van der Waals surface area contributed by atoms with E-state index in [2.05, 4.69) is 0 Å². The lowest BCUT2D eigenvalue weighted by Gasteiger charge is -2.09. The summed E-state index contributed by atoms with van der Waals surface area (Å²) in [6, 6.07) is 2.67. The smallest absolute Gasteiger partial charge is 0.373 e. The van der Waals surface area contributed by atoms with Crippen LogP contribution < -0.4 is 4.57 Å². The Kier molecular flexibility index (Phi) is 6.09. The van der Waals surface area contributed by atoms with E-state index < -0.39 is 27.9 Å². The van der Waals surface area contributed by atoms with E-state index in [1.165, 1.54) is 0 Å². The van der Waals surface area contributed by atoms with Gasteiger partial charge in [-0.1, -0.05) is 13.3 Å². The van der Waals surface area contributed by atoms with Crippen molar-refractivity contribution in [3.05, 3.63) is 30.1 Å². The van der Waals surface area contributed by atoms with Crippen LogP contribution in [0.5, 0.6) is 0 Å². The van der Waals surface area contributed by atoms with Gasteiger partial charge in [0.15, 0.2) is 12.4 Å². The van der Waals surface area contributed by atoms with Gasteiger partial charge in [-0.15, -0.1) is 0 Å². The number of unbranched alkanes of at least 4 members (excludes halogenated alkanes) is 1. The summed E-state index contributed by atoms with van der Waals surface area (Å²) in [7, 11) is -4.23. The molecule has 7 heteroatoms. The van der Waals surface area contributed by atoms with Gasteiger partial charge in [0.1, 0.15) is 0 Å². The maximum absolute atomic E-state index is 11.2. The molecule has 1 unspecified atom stereocenters. The number of pyridine rings is 1. The van der Waals surface area contributed by atoms with Crippen molar-refractivity contribution in [1.82, 2.24) is 0 Å². The summed E-state index contributed by atoms with van der Waals surface area (Å²) in [4.78, 5) is 11.2. The van der Waals surface area contributed by atoms with Gasteiger partial charge in [-0.2, -0.15) is 4.57 Å². The molecule has 0 radical (unpaired) electrons. The van der Waals surface area contributed by atoms with Gasteiger partial charge in [-0.3, -0.25) is 0 Å². The van der Waals surface area contributed by atoms with Crippen molar-refractivity contribution in [3.8, 4) is 0 Å². The predicted octanol–water partition coefficient (Wildman–Crippen LogP) is 0.878. The monoisotopic (exact) mass is 301 g/mol. The molecule has 20 heavy (non-hydrogen) atoms. The van der Waals surface area contributed by atoms with Crippen molar-refractivity contribution in [2.75, 3.05) is 5.75 Å². The minimum absolute atomic E-state index is 0.138. The minimum atomic E-state index is -4.23. The summed E-state index contributed by atoms with van der Waals surface area (Å²) in [5.41, 5.74) is 0.695. The maximum Gasteiger partial charge on any atom is 0.373 e. The van der Waals surface area contributed by atoms with Gasteiger partial charge in [0.25, 0.3) is 6.04 Å². The molecule has 0 aromatic carbocycles. The maximum atomic E-state index is 11.2. The molecule has 1 N–H and O–H groups in total. The van der Waals surface area contributed by atoms with Crippen LogP contribution in [0.3, 0.4) is 0 Å². The molecular formula is C13H19NO5S. The van der Waals surface area contributed by atoms with Crippen molar-refractivity contribution in [2.24, 2.45) is 0 Å². The van der Waals surface area contributed by atoms with Crippen molar-refractivity contribution in [1.29, 1.82) is 0 Å². The van der Waals surface area contributed by atoms with Gasteiger partial charge in [-0.25, -0.2) is 13.2 Å². The molecule has 0 bridgehead atoms. The third-order valence-corrected chi connectivity index (χ3v) is 3.74. The van der Waals surface area contributed by atoms with E-state index in [9.17, 15) is 22.9 Å². The summed E-state index contributed by atoms with van der Waals surface area (Å²) < 4.78 is 33.2. The zero-order valence-corrected chi connectivity index (χ0v) is 12.2. The summed E-state index contributed by atoms with van der Waals surface area (Å²) in [6.45, 7) is 2.00. The summed E-state index contributed by atoms with van der Waals surface area (Å²) in [6.07, 6.45) is 5.65. The molecule has 6 nitrogen and oxygen atoms in total. The van der Waals surface area contributed by atoms with E-state index >= 15 is 0 Å². The number of hydrogen-bond acceptors (Lipinski definition) is 4. The normalized spacial score (nSPS) is 13.1. The highest BCUT2D eigenvalue weighted by molar-refractivity contribution is 7.85. The molecular weight excluding hydrogens is 282 g/mol. The number of carboxylic acids is 1. The zero-order chi connectivity index (χ0) is 15.2. The van der Waals surface area contributed by atoms with Gasteiger partial charge in [0.2, 0.25) is 0 Å². The number of aliphatic carboxylic acids is 1. The van der Waals surface area contributed by atoms with E-state index in [1.807, 2.05) is 6.92 Å². The topological polar surface area (TPSA) is 98.4 Å². The highest BCUT2D eigenvalue weighted by atomic mass is 32.2. The highest BCUT2D eigenvalue weighted by Gasteiger charge is 2.25. The van der Waals surface area contributed by atoms with Gasteiger partial charge in [-0.05, 0) is 18.4 Å². The fourth-order valence-corrected chi connectivity index (χ4v) is 2.37. The zero-order valence-electron chi connectivity index (χ0n) is 11.4. The Labute approximate surface area is 118 Å².